The van der Waals surface area contributed by atoms with Crippen LogP contribution in [-0.2, 0) is 22.9 Å². The minimum atomic E-state index is -0.390. The topological polar surface area (TPSA) is 59.8 Å². The van der Waals surface area contributed by atoms with Crippen molar-refractivity contribution in [1.29, 1.82) is 0 Å². The number of hydrogen-bond acceptors (Lipinski definition) is 5. The van der Waals surface area contributed by atoms with Crippen molar-refractivity contribution >= 4 is 12.6 Å². The van der Waals surface area contributed by atoms with Gasteiger partial charge in [-0.15, -0.1) is 0 Å². The normalized spacial score (nSPS) is 27.6. The lowest BCUT2D eigenvalue weighted by Gasteiger charge is -2.32. The summed E-state index contributed by atoms with van der Waals surface area (Å²) in [6.07, 6.45) is 3.67. The van der Waals surface area contributed by atoms with Gasteiger partial charge in [0.2, 0.25) is 0 Å². The second-order valence-corrected chi connectivity index (χ2v) is 7.82. The van der Waals surface area contributed by atoms with E-state index in [1.165, 1.54) is 0 Å². The number of hydrogen-bond donors (Lipinski definition) is 1. The lowest BCUT2D eigenvalue weighted by molar-refractivity contribution is 0.00578. The third-order valence-corrected chi connectivity index (χ3v) is 5.30. The fourth-order valence-electron chi connectivity index (χ4n) is 3.23. The summed E-state index contributed by atoms with van der Waals surface area (Å²) in [6.45, 7) is 10.7. The molecule has 0 aromatic carbocycles. The summed E-state index contributed by atoms with van der Waals surface area (Å²) >= 11 is 0. The summed E-state index contributed by atoms with van der Waals surface area (Å²) in [7, 11) is 1.53. The van der Waals surface area contributed by atoms with Crippen molar-refractivity contribution in [2.75, 3.05) is 13.1 Å². The molecule has 1 N–H and O–H groups in total. The summed E-state index contributed by atoms with van der Waals surface area (Å²) in [6, 6.07) is 0. The highest BCUT2D eigenvalue weighted by molar-refractivity contribution is 6.62. The number of aliphatic hydroxyl groups is 1. The van der Waals surface area contributed by atoms with E-state index >= 15 is 0 Å². The smallest absolute Gasteiger partial charge is 0.399 e. The number of nitrogens with zero attached hydrogens (tertiary/aromatic N) is 3. The van der Waals surface area contributed by atoms with Crippen molar-refractivity contribution in [3.63, 3.8) is 0 Å². The van der Waals surface area contributed by atoms with Gasteiger partial charge >= 0.3 is 7.12 Å². The number of aryl methyl sites for hydroxylation is 1. The summed E-state index contributed by atoms with van der Waals surface area (Å²) in [4.78, 5) is 2.26. The molecule has 0 saturated carbocycles. The molecule has 2 fully saturated rings. The Kier molecular flexibility index (Phi) is 4.34. The highest BCUT2D eigenvalue weighted by Gasteiger charge is 2.52. The van der Waals surface area contributed by atoms with E-state index in [0.29, 0.717) is 6.54 Å². The summed E-state index contributed by atoms with van der Waals surface area (Å²) < 4.78 is 14.2. The number of rotatable bonds is 3. The third kappa shape index (κ3) is 3.33. The average molecular weight is 321 g/mol. The molecule has 7 heteroatoms. The van der Waals surface area contributed by atoms with Crippen LogP contribution < -0.4 is 5.46 Å². The molecule has 3 heterocycles. The van der Waals surface area contributed by atoms with E-state index in [9.17, 15) is 5.11 Å². The van der Waals surface area contributed by atoms with Gasteiger partial charge < -0.3 is 14.4 Å². The number of aliphatic hydroxyl groups excluding tert-OH is 1. The van der Waals surface area contributed by atoms with Gasteiger partial charge in [-0.3, -0.25) is 9.58 Å². The number of likely N-dealkylation sites (tertiary alicyclic amines) is 1. The lowest BCUT2D eigenvalue weighted by atomic mass is 9.79. The van der Waals surface area contributed by atoms with E-state index in [0.717, 1.165) is 37.1 Å². The average Bonchev–Trinajstić information content (AvgIpc) is 2.87. The Bertz CT molecular complexity index is 557. The standard InChI is InChI=1S/C16H28BN3O3/c1-15(2)16(3,4)23-17(22-15)13-10-19(5)18-14(13)11-20-8-6-7-12(21)9-20/h10,12,21H,6-9,11H2,1-5H3. The largest absolute Gasteiger partial charge is 0.498 e. The van der Waals surface area contributed by atoms with Crippen LogP contribution in [0, 0.1) is 0 Å². The van der Waals surface area contributed by atoms with E-state index < -0.39 is 7.12 Å². The molecule has 128 valence electrons. The monoisotopic (exact) mass is 321 g/mol. The molecular formula is C16H28BN3O3. The fourth-order valence-corrected chi connectivity index (χ4v) is 3.23. The van der Waals surface area contributed by atoms with Crippen LogP contribution >= 0.6 is 0 Å². The van der Waals surface area contributed by atoms with Crippen LogP contribution in [0.1, 0.15) is 46.2 Å². The summed E-state index contributed by atoms with van der Waals surface area (Å²) in [5.74, 6) is 0. The predicted octanol–water partition coefficient (Wildman–Crippen LogP) is 0.676. The van der Waals surface area contributed by atoms with Crippen molar-refractivity contribution in [2.24, 2.45) is 7.05 Å². The molecule has 6 nitrogen and oxygen atoms in total. The molecule has 0 aliphatic carbocycles. The van der Waals surface area contributed by atoms with Gasteiger partial charge in [-0.2, -0.15) is 5.10 Å². The molecule has 1 atom stereocenters. The van der Waals surface area contributed by atoms with Crippen molar-refractivity contribution in [3.05, 3.63) is 11.9 Å². The van der Waals surface area contributed by atoms with Gasteiger partial charge in [0.15, 0.2) is 0 Å². The Balaban J connectivity index is 1.79. The molecular weight excluding hydrogens is 293 g/mol. The SMILES string of the molecule is Cn1cc(B2OC(C)(C)C(C)(C)O2)c(CN2CCCC(O)C2)n1. The zero-order chi connectivity index (χ0) is 16.8. The van der Waals surface area contributed by atoms with Crippen molar-refractivity contribution in [2.45, 2.75) is 64.4 Å². The third-order valence-electron chi connectivity index (χ3n) is 5.30. The maximum absolute atomic E-state index is 9.86. The quantitative estimate of drug-likeness (QED) is 0.830. The van der Waals surface area contributed by atoms with E-state index in [1.54, 1.807) is 0 Å². The molecule has 3 rings (SSSR count). The number of piperidine rings is 1. The van der Waals surface area contributed by atoms with E-state index in [1.807, 2.05) is 17.9 Å². The number of aromatic nitrogens is 2. The van der Waals surface area contributed by atoms with Crippen LogP contribution in [-0.4, -0.2) is 57.3 Å². The van der Waals surface area contributed by atoms with Gasteiger partial charge in [0.25, 0.3) is 0 Å². The van der Waals surface area contributed by atoms with Gasteiger partial charge in [0, 0.05) is 31.8 Å². The second kappa shape index (κ2) is 5.88. The van der Waals surface area contributed by atoms with E-state index in [-0.39, 0.29) is 17.3 Å². The van der Waals surface area contributed by atoms with Crippen molar-refractivity contribution in [1.82, 2.24) is 14.7 Å². The first-order chi connectivity index (χ1) is 10.7. The highest BCUT2D eigenvalue weighted by atomic mass is 16.7. The first kappa shape index (κ1) is 17.0. The molecule has 2 aliphatic heterocycles. The molecule has 1 aromatic rings. The Hall–Kier alpha value is -0.885. The first-order valence-corrected chi connectivity index (χ1v) is 8.46. The van der Waals surface area contributed by atoms with E-state index in [4.69, 9.17) is 9.31 Å². The molecule has 23 heavy (non-hydrogen) atoms. The molecule has 2 aliphatic rings. The van der Waals surface area contributed by atoms with Gasteiger partial charge in [0.1, 0.15) is 0 Å². The van der Waals surface area contributed by atoms with Gasteiger partial charge in [-0.1, -0.05) is 0 Å². The van der Waals surface area contributed by atoms with Crippen molar-refractivity contribution in [3.8, 4) is 0 Å². The first-order valence-electron chi connectivity index (χ1n) is 8.46. The molecule has 2 saturated heterocycles. The highest BCUT2D eigenvalue weighted by Crippen LogP contribution is 2.36. The zero-order valence-corrected chi connectivity index (χ0v) is 14.9. The lowest BCUT2D eigenvalue weighted by Crippen LogP contribution is -2.41. The Labute approximate surface area is 138 Å². The van der Waals surface area contributed by atoms with Crippen LogP contribution in [0.25, 0.3) is 0 Å². The van der Waals surface area contributed by atoms with Gasteiger partial charge in [0.05, 0.1) is 23.0 Å². The van der Waals surface area contributed by atoms with Gasteiger partial charge in [-0.05, 0) is 47.1 Å². The van der Waals surface area contributed by atoms with E-state index in [2.05, 4.69) is 37.7 Å². The number of β-amino-alcohol motifs (C(OH)–C–C–N with tert-alkyl or cyclic N) is 1. The minimum absolute atomic E-state index is 0.229. The van der Waals surface area contributed by atoms with Crippen LogP contribution in [0.4, 0.5) is 0 Å². The second-order valence-electron chi connectivity index (χ2n) is 7.82. The Morgan fingerprint density at radius 2 is 1.96 bits per heavy atom. The van der Waals surface area contributed by atoms with Gasteiger partial charge in [-0.25, -0.2) is 0 Å². The maximum Gasteiger partial charge on any atom is 0.498 e. The fraction of sp³-hybridized carbons (Fsp3) is 0.812. The minimum Gasteiger partial charge on any atom is -0.399 e. The van der Waals surface area contributed by atoms with Crippen LogP contribution in [0.3, 0.4) is 0 Å². The molecule has 0 radical (unpaired) electrons. The molecule has 0 amide bonds. The van der Waals surface area contributed by atoms with Crippen LogP contribution in [0.5, 0.6) is 0 Å². The Morgan fingerprint density at radius 1 is 1.30 bits per heavy atom. The maximum atomic E-state index is 9.86. The zero-order valence-electron chi connectivity index (χ0n) is 14.9. The molecule has 0 bridgehead atoms. The summed E-state index contributed by atoms with van der Waals surface area (Å²) in [5.41, 5.74) is 1.25. The molecule has 0 spiro atoms. The van der Waals surface area contributed by atoms with Crippen LogP contribution in [0.2, 0.25) is 0 Å². The Morgan fingerprint density at radius 3 is 2.57 bits per heavy atom. The predicted molar refractivity (Wildman–Crippen MR) is 89.4 cm³/mol. The summed E-state index contributed by atoms with van der Waals surface area (Å²) in [5, 5.41) is 14.5. The van der Waals surface area contributed by atoms with Crippen molar-refractivity contribution < 1.29 is 14.4 Å². The molecule has 1 unspecified atom stereocenters. The van der Waals surface area contributed by atoms with Crippen LogP contribution in [0.15, 0.2) is 6.20 Å². The molecule has 1 aromatic heterocycles.